The molecule has 0 aromatic heterocycles. The van der Waals surface area contributed by atoms with Crippen LogP contribution in [-0.4, -0.2) is 13.9 Å². The van der Waals surface area contributed by atoms with Crippen LogP contribution >= 0.6 is 15.9 Å². The first-order valence-electron chi connectivity index (χ1n) is 8.62. The molecule has 0 aliphatic heterocycles. The highest BCUT2D eigenvalue weighted by molar-refractivity contribution is 9.10. The van der Waals surface area contributed by atoms with Crippen molar-refractivity contribution in [2.45, 2.75) is 52.4 Å². The third-order valence-corrected chi connectivity index (χ3v) is 5.00. The third-order valence-electron chi connectivity index (χ3n) is 4.18. The van der Waals surface area contributed by atoms with Gasteiger partial charge in [0.1, 0.15) is 5.75 Å². The van der Waals surface area contributed by atoms with Gasteiger partial charge in [-0.15, -0.1) is 0 Å². The Balaban J connectivity index is 2.88. The second-order valence-electron chi connectivity index (χ2n) is 8.41. The van der Waals surface area contributed by atoms with Crippen molar-refractivity contribution in [2.75, 3.05) is 13.9 Å². The van der Waals surface area contributed by atoms with Crippen LogP contribution in [0.3, 0.4) is 0 Å². The first-order chi connectivity index (χ1) is 11.6. The van der Waals surface area contributed by atoms with Gasteiger partial charge in [-0.2, -0.15) is 0 Å². The van der Waals surface area contributed by atoms with Crippen LogP contribution in [0.15, 0.2) is 40.9 Å². The van der Waals surface area contributed by atoms with E-state index in [1.165, 1.54) is 11.1 Å². The summed E-state index contributed by atoms with van der Waals surface area (Å²) in [6.45, 7) is 13.6. The molecule has 2 aromatic carbocycles. The van der Waals surface area contributed by atoms with E-state index in [-0.39, 0.29) is 17.6 Å². The fourth-order valence-corrected chi connectivity index (χ4v) is 4.44. The Morgan fingerprint density at radius 3 is 2.00 bits per heavy atom. The van der Waals surface area contributed by atoms with Crippen LogP contribution in [0.5, 0.6) is 5.75 Å². The number of benzene rings is 2. The number of hydrogen-bond donors (Lipinski definition) is 0. The molecule has 2 rings (SSSR count). The predicted molar refractivity (Wildman–Crippen MR) is 109 cm³/mol. The van der Waals surface area contributed by atoms with Crippen LogP contribution in [0, 0.1) is 0 Å². The Hall–Kier alpha value is -1.32. The molecule has 0 atom stereocenters. The maximum absolute atomic E-state index is 6.09. The smallest absolute Gasteiger partial charge is 0.188 e. The van der Waals surface area contributed by atoms with Gasteiger partial charge in [-0.1, -0.05) is 87.8 Å². The van der Waals surface area contributed by atoms with Gasteiger partial charge in [0.25, 0.3) is 0 Å². The molecule has 0 aliphatic carbocycles. The molecular weight excluding hydrogens is 376 g/mol. The Morgan fingerprint density at radius 2 is 1.52 bits per heavy atom. The van der Waals surface area contributed by atoms with Crippen molar-refractivity contribution in [1.29, 1.82) is 0 Å². The molecule has 0 N–H and O–H groups in total. The van der Waals surface area contributed by atoms with Gasteiger partial charge in [0, 0.05) is 22.7 Å². The van der Waals surface area contributed by atoms with Gasteiger partial charge in [-0.05, 0) is 28.0 Å². The highest BCUT2D eigenvalue weighted by Gasteiger charge is 2.30. The van der Waals surface area contributed by atoms with E-state index in [4.69, 9.17) is 9.47 Å². The molecule has 0 bridgehead atoms. The average Bonchev–Trinajstić information content (AvgIpc) is 2.51. The van der Waals surface area contributed by atoms with Crippen LogP contribution < -0.4 is 4.74 Å². The van der Waals surface area contributed by atoms with Crippen LogP contribution in [0.25, 0.3) is 11.1 Å². The molecule has 136 valence electrons. The number of rotatable bonds is 4. The lowest BCUT2D eigenvalue weighted by molar-refractivity contribution is 0.0501. The molecule has 25 heavy (non-hydrogen) atoms. The Labute approximate surface area is 160 Å². The van der Waals surface area contributed by atoms with Crippen molar-refractivity contribution >= 4 is 15.9 Å². The predicted octanol–water partition coefficient (Wildman–Crippen LogP) is 6.69. The van der Waals surface area contributed by atoms with E-state index in [0.717, 1.165) is 21.3 Å². The van der Waals surface area contributed by atoms with Gasteiger partial charge in [0.05, 0.1) is 0 Å². The first-order valence-corrected chi connectivity index (χ1v) is 9.41. The van der Waals surface area contributed by atoms with Crippen LogP contribution in [0.2, 0.25) is 0 Å². The zero-order valence-electron chi connectivity index (χ0n) is 16.4. The van der Waals surface area contributed by atoms with Gasteiger partial charge in [-0.25, -0.2) is 0 Å². The lowest BCUT2D eigenvalue weighted by Gasteiger charge is -2.31. The molecular formula is C22H29BrO2. The Bertz CT molecular complexity index is 722. The quantitative estimate of drug-likeness (QED) is 0.528. The molecule has 0 unspecified atom stereocenters. The lowest BCUT2D eigenvalue weighted by atomic mass is 9.78. The van der Waals surface area contributed by atoms with Crippen molar-refractivity contribution in [3.05, 3.63) is 52.0 Å². The van der Waals surface area contributed by atoms with E-state index in [9.17, 15) is 0 Å². The number of halogens is 1. The highest BCUT2D eigenvalue weighted by Crippen LogP contribution is 2.48. The van der Waals surface area contributed by atoms with Gasteiger partial charge in [-0.3, -0.25) is 0 Å². The molecule has 2 nitrogen and oxygen atoms in total. The summed E-state index contributed by atoms with van der Waals surface area (Å²) in [6, 6.07) is 12.7. The summed E-state index contributed by atoms with van der Waals surface area (Å²) in [6.07, 6.45) is 0. The summed E-state index contributed by atoms with van der Waals surface area (Å²) < 4.78 is 12.4. The minimum absolute atomic E-state index is 0.0160. The molecule has 0 saturated heterocycles. The molecule has 0 fully saturated rings. The van der Waals surface area contributed by atoms with Gasteiger partial charge in [0.15, 0.2) is 6.79 Å². The first kappa shape index (κ1) is 20.0. The minimum atomic E-state index is -0.0767. The SMILES string of the molecule is COCOc1c(-c2ccccc2)cc(C(C)(C)C)c(Br)c1C(C)(C)C. The molecule has 0 saturated carbocycles. The fraction of sp³-hybridized carbons (Fsp3) is 0.455. The maximum atomic E-state index is 6.09. The molecule has 3 heteroatoms. The zero-order chi connectivity index (χ0) is 18.8. The van der Waals surface area contributed by atoms with E-state index in [0.29, 0.717) is 0 Å². The molecule has 0 amide bonds. The van der Waals surface area contributed by atoms with E-state index >= 15 is 0 Å². The number of methoxy groups -OCH3 is 1. The van der Waals surface area contributed by atoms with E-state index in [2.05, 4.69) is 87.8 Å². The molecule has 2 aromatic rings. The minimum Gasteiger partial charge on any atom is -0.467 e. The summed E-state index contributed by atoms with van der Waals surface area (Å²) in [5.41, 5.74) is 4.65. The highest BCUT2D eigenvalue weighted by atomic mass is 79.9. The van der Waals surface area contributed by atoms with Crippen molar-refractivity contribution < 1.29 is 9.47 Å². The summed E-state index contributed by atoms with van der Waals surface area (Å²) in [4.78, 5) is 0. The molecule has 0 radical (unpaired) electrons. The second-order valence-corrected chi connectivity index (χ2v) is 9.20. The average molecular weight is 405 g/mol. The van der Waals surface area contributed by atoms with Crippen molar-refractivity contribution in [2.24, 2.45) is 0 Å². The molecule has 0 heterocycles. The van der Waals surface area contributed by atoms with Crippen molar-refractivity contribution in [3.8, 4) is 16.9 Å². The van der Waals surface area contributed by atoms with Crippen LogP contribution in [-0.2, 0) is 15.6 Å². The zero-order valence-corrected chi connectivity index (χ0v) is 18.0. The summed E-state index contributed by atoms with van der Waals surface area (Å²) in [7, 11) is 1.65. The van der Waals surface area contributed by atoms with Crippen LogP contribution in [0.1, 0.15) is 52.7 Å². The standard InChI is InChI=1S/C22H29BrO2/c1-21(2,3)17-13-16(15-11-9-8-10-12-15)20(25-14-24-7)18(19(17)23)22(4,5)6/h8-13H,14H2,1-7H3. The van der Waals surface area contributed by atoms with Gasteiger partial charge >= 0.3 is 0 Å². The number of hydrogen-bond acceptors (Lipinski definition) is 2. The van der Waals surface area contributed by atoms with E-state index in [1.807, 2.05) is 6.07 Å². The van der Waals surface area contributed by atoms with Gasteiger partial charge in [0.2, 0.25) is 0 Å². The molecule has 0 aliphatic rings. The normalized spacial score (nSPS) is 12.3. The third kappa shape index (κ3) is 4.45. The Kier molecular flexibility index (Phi) is 6.01. The summed E-state index contributed by atoms with van der Waals surface area (Å²) >= 11 is 3.88. The van der Waals surface area contributed by atoms with Crippen LogP contribution in [0.4, 0.5) is 0 Å². The van der Waals surface area contributed by atoms with E-state index in [1.54, 1.807) is 7.11 Å². The maximum Gasteiger partial charge on any atom is 0.188 e. The topological polar surface area (TPSA) is 18.5 Å². The number of ether oxygens (including phenoxy) is 2. The monoisotopic (exact) mass is 404 g/mol. The van der Waals surface area contributed by atoms with E-state index < -0.39 is 0 Å². The van der Waals surface area contributed by atoms with Crippen molar-refractivity contribution in [1.82, 2.24) is 0 Å². The lowest BCUT2D eigenvalue weighted by Crippen LogP contribution is -2.20. The van der Waals surface area contributed by atoms with Gasteiger partial charge < -0.3 is 9.47 Å². The largest absolute Gasteiger partial charge is 0.467 e. The van der Waals surface area contributed by atoms with Crippen molar-refractivity contribution in [3.63, 3.8) is 0 Å². The Morgan fingerprint density at radius 1 is 0.920 bits per heavy atom. The second kappa shape index (κ2) is 7.51. The summed E-state index contributed by atoms with van der Waals surface area (Å²) in [5.74, 6) is 0.889. The molecule has 0 spiro atoms. The summed E-state index contributed by atoms with van der Waals surface area (Å²) in [5, 5.41) is 0. The fourth-order valence-electron chi connectivity index (χ4n) is 2.96.